The number of carbonyl (C=O) groups excluding carboxylic acids is 1. The number of furan rings is 1. The number of aromatic nitrogens is 3. The van der Waals surface area contributed by atoms with Gasteiger partial charge in [0.1, 0.15) is 11.6 Å². The fourth-order valence-corrected chi connectivity index (χ4v) is 4.14. The number of hydrogen-bond donors (Lipinski definition) is 2. The third-order valence-corrected chi connectivity index (χ3v) is 6.20. The fraction of sp³-hybridized carbons (Fsp3) is 0.190. The van der Waals surface area contributed by atoms with Crippen molar-refractivity contribution in [3.8, 4) is 0 Å². The summed E-state index contributed by atoms with van der Waals surface area (Å²) in [6.45, 7) is 2.12. The summed E-state index contributed by atoms with van der Waals surface area (Å²) in [5.74, 6) is 0.871. The molecule has 4 rings (SSSR count). The maximum absolute atomic E-state index is 12.7. The molecule has 0 aliphatic carbocycles. The van der Waals surface area contributed by atoms with E-state index >= 15 is 0 Å². The molecule has 0 saturated heterocycles. The van der Waals surface area contributed by atoms with Crippen molar-refractivity contribution in [3.63, 3.8) is 0 Å². The molecule has 0 unspecified atom stereocenters. The maximum atomic E-state index is 12.7. The molecule has 31 heavy (non-hydrogen) atoms. The Balaban J connectivity index is 1.43. The van der Waals surface area contributed by atoms with Gasteiger partial charge in [-0.3, -0.25) is 9.20 Å². The van der Waals surface area contributed by atoms with Crippen molar-refractivity contribution in [2.24, 2.45) is 0 Å². The second-order valence-electron chi connectivity index (χ2n) is 6.93. The second-order valence-corrected chi connectivity index (χ2v) is 8.70. The Bertz CT molecular complexity index is 1310. The number of aryl methyl sites for hydroxylation is 1. The van der Waals surface area contributed by atoms with E-state index in [1.165, 1.54) is 18.4 Å². The number of sulfonamides is 1. The van der Waals surface area contributed by atoms with Crippen LogP contribution in [0.25, 0.3) is 5.65 Å². The summed E-state index contributed by atoms with van der Waals surface area (Å²) in [5.41, 5.74) is 1.71. The Hall–Kier alpha value is -3.50. The van der Waals surface area contributed by atoms with Crippen molar-refractivity contribution in [2.45, 2.75) is 24.8 Å². The van der Waals surface area contributed by atoms with E-state index in [0.717, 1.165) is 11.5 Å². The Kier molecular flexibility index (Phi) is 5.83. The quantitative estimate of drug-likeness (QED) is 0.434. The van der Waals surface area contributed by atoms with Gasteiger partial charge in [-0.2, -0.15) is 0 Å². The molecule has 3 heterocycles. The van der Waals surface area contributed by atoms with Gasteiger partial charge in [0.2, 0.25) is 10.0 Å². The molecule has 0 aliphatic rings. The highest BCUT2D eigenvalue weighted by Crippen LogP contribution is 2.16. The first kappa shape index (κ1) is 20.8. The Morgan fingerprint density at radius 2 is 2.00 bits per heavy atom. The summed E-state index contributed by atoms with van der Waals surface area (Å²) in [4.78, 5) is 12.7. The van der Waals surface area contributed by atoms with Crippen molar-refractivity contribution in [1.29, 1.82) is 0 Å². The average Bonchev–Trinajstić information content (AvgIpc) is 3.43. The van der Waals surface area contributed by atoms with Gasteiger partial charge in [-0.25, -0.2) is 13.1 Å². The molecule has 1 amide bonds. The molecule has 1 aromatic carbocycles. The van der Waals surface area contributed by atoms with Crippen LogP contribution in [0.5, 0.6) is 0 Å². The minimum atomic E-state index is -3.80. The van der Waals surface area contributed by atoms with Gasteiger partial charge >= 0.3 is 0 Å². The van der Waals surface area contributed by atoms with Gasteiger partial charge in [0.05, 0.1) is 17.7 Å². The summed E-state index contributed by atoms with van der Waals surface area (Å²) in [6.07, 6.45) is 3.82. The number of hydrogen-bond acceptors (Lipinski definition) is 6. The number of carbonyl (C=O) groups is 1. The van der Waals surface area contributed by atoms with E-state index in [0.29, 0.717) is 29.9 Å². The minimum absolute atomic E-state index is 0.0123. The van der Waals surface area contributed by atoms with Crippen molar-refractivity contribution in [2.75, 3.05) is 6.54 Å². The van der Waals surface area contributed by atoms with Crippen molar-refractivity contribution in [3.05, 3.63) is 83.7 Å². The molecule has 2 N–H and O–H groups in total. The predicted octanol–water partition coefficient (Wildman–Crippen LogP) is 2.08. The molecule has 0 spiro atoms. The number of nitrogens with one attached hydrogen (secondary N) is 2. The predicted molar refractivity (Wildman–Crippen MR) is 113 cm³/mol. The molecule has 0 aliphatic heterocycles. The lowest BCUT2D eigenvalue weighted by Crippen LogP contribution is -2.28. The third kappa shape index (κ3) is 4.65. The molecule has 4 aromatic rings. The van der Waals surface area contributed by atoms with Crippen LogP contribution in [0.1, 0.15) is 27.5 Å². The van der Waals surface area contributed by atoms with Crippen LogP contribution in [0.2, 0.25) is 0 Å². The molecule has 160 valence electrons. The molecule has 0 atom stereocenters. The van der Waals surface area contributed by atoms with Gasteiger partial charge in [0.15, 0.2) is 5.65 Å². The normalized spacial score (nSPS) is 11.6. The van der Waals surface area contributed by atoms with E-state index in [4.69, 9.17) is 4.42 Å². The second kappa shape index (κ2) is 8.70. The van der Waals surface area contributed by atoms with Crippen LogP contribution >= 0.6 is 0 Å². The molecule has 10 heteroatoms. The van der Waals surface area contributed by atoms with Crippen LogP contribution in [0.4, 0.5) is 0 Å². The summed E-state index contributed by atoms with van der Waals surface area (Å²) >= 11 is 0. The molecule has 0 bridgehead atoms. The molecule has 0 radical (unpaired) electrons. The Labute approximate surface area is 179 Å². The van der Waals surface area contributed by atoms with Gasteiger partial charge < -0.3 is 9.73 Å². The Morgan fingerprint density at radius 1 is 1.13 bits per heavy atom. The zero-order valence-electron chi connectivity index (χ0n) is 16.8. The molecule has 0 fully saturated rings. The zero-order chi connectivity index (χ0) is 21.8. The average molecular weight is 439 g/mol. The molecular formula is C21H21N5O4S. The van der Waals surface area contributed by atoms with Gasteiger partial charge in [-0.1, -0.05) is 12.1 Å². The molecule has 0 saturated carbocycles. The highest BCUT2D eigenvalue weighted by molar-refractivity contribution is 7.89. The lowest BCUT2D eigenvalue weighted by atomic mass is 10.1. The maximum Gasteiger partial charge on any atom is 0.251 e. The zero-order valence-corrected chi connectivity index (χ0v) is 17.6. The van der Waals surface area contributed by atoms with E-state index in [-0.39, 0.29) is 17.3 Å². The van der Waals surface area contributed by atoms with Crippen LogP contribution in [-0.2, 0) is 23.0 Å². The van der Waals surface area contributed by atoms with E-state index in [9.17, 15) is 13.2 Å². The van der Waals surface area contributed by atoms with E-state index < -0.39 is 10.0 Å². The topological polar surface area (TPSA) is 119 Å². The van der Waals surface area contributed by atoms with Gasteiger partial charge in [0, 0.05) is 24.7 Å². The first-order chi connectivity index (χ1) is 14.9. The van der Waals surface area contributed by atoms with Crippen molar-refractivity contribution >= 4 is 21.6 Å². The number of pyridine rings is 1. The lowest BCUT2D eigenvalue weighted by molar-refractivity contribution is 0.0953. The van der Waals surface area contributed by atoms with Crippen LogP contribution in [0.3, 0.4) is 0 Å². The van der Waals surface area contributed by atoms with Crippen LogP contribution < -0.4 is 10.0 Å². The monoisotopic (exact) mass is 439 g/mol. The van der Waals surface area contributed by atoms with E-state index in [1.807, 2.05) is 28.8 Å². The van der Waals surface area contributed by atoms with E-state index in [1.54, 1.807) is 25.1 Å². The summed E-state index contributed by atoms with van der Waals surface area (Å²) in [6, 6.07) is 13.4. The first-order valence-electron chi connectivity index (χ1n) is 9.63. The third-order valence-electron chi connectivity index (χ3n) is 4.80. The number of fused-ring (bicyclic) bond motifs is 1. The van der Waals surface area contributed by atoms with Crippen LogP contribution in [-0.4, -0.2) is 35.5 Å². The Morgan fingerprint density at radius 3 is 2.81 bits per heavy atom. The largest absolute Gasteiger partial charge is 0.468 e. The highest BCUT2D eigenvalue weighted by Gasteiger charge is 2.18. The number of nitrogens with zero attached hydrogens (tertiary/aromatic N) is 3. The van der Waals surface area contributed by atoms with Crippen molar-refractivity contribution in [1.82, 2.24) is 24.6 Å². The lowest BCUT2D eigenvalue weighted by Gasteiger charge is -2.11. The molecule has 9 nitrogen and oxygen atoms in total. The smallest absolute Gasteiger partial charge is 0.251 e. The fourth-order valence-electron chi connectivity index (χ4n) is 3.12. The van der Waals surface area contributed by atoms with Gasteiger partial charge in [-0.05, 0) is 48.9 Å². The minimum Gasteiger partial charge on any atom is -0.468 e. The van der Waals surface area contributed by atoms with Gasteiger partial charge in [-0.15, -0.1) is 10.2 Å². The standard InChI is InChI=1S/C21H21N5O4S/c1-15-7-8-17(31(28,29)23-14-16-5-4-12-30-16)13-18(15)21(27)22-10-9-20-25-24-19-6-2-3-11-26(19)20/h2-8,11-13,23H,9-10,14H2,1H3,(H,22,27). The summed E-state index contributed by atoms with van der Waals surface area (Å²) in [5, 5.41) is 11.0. The van der Waals surface area contributed by atoms with E-state index in [2.05, 4.69) is 20.2 Å². The summed E-state index contributed by atoms with van der Waals surface area (Å²) in [7, 11) is -3.80. The summed E-state index contributed by atoms with van der Waals surface area (Å²) < 4.78 is 34.7. The van der Waals surface area contributed by atoms with Gasteiger partial charge in [0.25, 0.3) is 5.91 Å². The SMILES string of the molecule is Cc1ccc(S(=O)(=O)NCc2ccco2)cc1C(=O)NCCc1nnc2ccccn12. The van der Waals surface area contributed by atoms with Crippen molar-refractivity contribution < 1.29 is 17.6 Å². The van der Waals surface area contributed by atoms with Crippen LogP contribution in [0, 0.1) is 6.92 Å². The first-order valence-corrected chi connectivity index (χ1v) is 11.1. The highest BCUT2D eigenvalue weighted by atomic mass is 32.2. The molecule has 3 aromatic heterocycles. The van der Waals surface area contributed by atoms with Crippen LogP contribution in [0.15, 0.2) is 70.3 Å². The number of benzene rings is 1. The molecular weight excluding hydrogens is 418 g/mol. The number of amides is 1. The number of rotatable bonds is 8.